The molecule has 8 heteroatoms. The summed E-state index contributed by atoms with van der Waals surface area (Å²) < 4.78 is 9.59. The number of hydrogen-bond acceptors (Lipinski definition) is 6. The van der Waals surface area contributed by atoms with Gasteiger partial charge in [-0.1, -0.05) is 6.07 Å². The zero-order chi connectivity index (χ0) is 16.5. The van der Waals surface area contributed by atoms with Crippen molar-refractivity contribution in [3.8, 4) is 11.5 Å². The van der Waals surface area contributed by atoms with Crippen molar-refractivity contribution in [2.75, 3.05) is 0 Å². The molecule has 0 radical (unpaired) electrons. The normalized spacial score (nSPS) is 10.5. The first-order chi connectivity index (χ1) is 10.4. The maximum Gasteiger partial charge on any atom is 0.336 e. The Morgan fingerprint density at radius 3 is 1.55 bits per heavy atom. The average molecular weight is 306 g/mol. The van der Waals surface area contributed by atoms with Gasteiger partial charge in [0, 0.05) is 30.4 Å². The molecule has 0 aromatic heterocycles. The summed E-state index contributed by atoms with van der Waals surface area (Å²) in [6, 6.07) is 5.40. The molecule has 0 bridgehead atoms. The van der Waals surface area contributed by atoms with Crippen molar-refractivity contribution in [1.82, 2.24) is 0 Å². The summed E-state index contributed by atoms with van der Waals surface area (Å²) in [4.78, 5) is 43.0. The number of ether oxygens (including phenoxy) is 2. The summed E-state index contributed by atoms with van der Waals surface area (Å²) in [6.07, 6.45) is 2.67. The Hall–Kier alpha value is -3.42. The van der Waals surface area contributed by atoms with Crippen LogP contribution in [-0.4, -0.2) is 34.1 Å². The predicted octanol–water partition coefficient (Wildman–Crippen LogP) is 0.779. The van der Waals surface area contributed by atoms with E-state index in [1.54, 1.807) is 0 Å². The van der Waals surface area contributed by atoms with E-state index in [1.165, 1.54) is 24.3 Å². The van der Waals surface area contributed by atoms with Crippen molar-refractivity contribution < 1.29 is 38.9 Å². The van der Waals surface area contributed by atoms with Gasteiger partial charge in [-0.15, -0.1) is 0 Å². The molecule has 1 rings (SSSR count). The number of rotatable bonds is 6. The van der Waals surface area contributed by atoms with Gasteiger partial charge in [0.15, 0.2) is 0 Å². The number of carbonyl (C=O) groups excluding carboxylic acids is 2. The number of benzene rings is 1. The van der Waals surface area contributed by atoms with Crippen LogP contribution >= 0.6 is 0 Å². The molecule has 22 heavy (non-hydrogen) atoms. The minimum Gasteiger partial charge on any atom is -0.478 e. The van der Waals surface area contributed by atoms with Crippen LogP contribution in [0.4, 0.5) is 0 Å². The molecule has 0 unspecified atom stereocenters. The van der Waals surface area contributed by atoms with E-state index in [1.807, 2.05) is 0 Å². The third kappa shape index (κ3) is 6.66. The van der Waals surface area contributed by atoms with E-state index < -0.39 is 23.9 Å². The smallest absolute Gasteiger partial charge is 0.336 e. The molecule has 0 aliphatic rings. The summed E-state index contributed by atoms with van der Waals surface area (Å²) in [7, 11) is 0. The lowest BCUT2D eigenvalue weighted by Gasteiger charge is -2.04. The number of aliphatic carboxylic acids is 2. The summed E-state index contributed by atoms with van der Waals surface area (Å²) in [6.45, 7) is 0. The zero-order valence-electron chi connectivity index (χ0n) is 11.0. The maximum atomic E-state index is 11.3. The second-order valence-corrected chi connectivity index (χ2v) is 3.66. The lowest BCUT2D eigenvalue weighted by molar-refractivity contribution is -0.133. The molecule has 0 atom stereocenters. The third-order valence-corrected chi connectivity index (χ3v) is 1.97. The van der Waals surface area contributed by atoms with Crippen LogP contribution < -0.4 is 9.47 Å². The first kappa shape index (κ1) is 16.6. The van der Waals surface area contributed by atoms with Gasteiger partial charge in [-0.2, -0.15) is 0 Å². The minimum atomic E-state index is -1.30. The Kier molecular flexibility index (Phi) is 6.05. The molecule has 8 nitrogen and oxygen atoms in total. The van der Waals surface area contributed by atoms with E-state index >= 15 is 0 Å². The highest BCUT2D eigenvalue weighted by molar-refractivity contribution is 5.92. The molecule has 1 aromatic rings. The van der Waals surface area contributed by atoms with Crippen molar-refractivity contribution in [1.29, 1.82) is 0 Å². The maximum absolute atomic E-state index is 11.3. The molecular weight excluding hydrogens is 296 g/mol. The summed E-state index contributed by atoms with van der Waals surface area (Å²) in [5.41, 5.74) is 0. The number of esters is 2. The molecule has 0 amide bonds. The lowest BCUT2D eigenvalue weighted by Crippen LogP contribution is -2.07. The average Bonchev–Trinajstić information content (AvgIpc) is 2.43. The van der Waals surface area contributed by atoms with Crippen molar-refractivity contribution in [3.05, 3.63) is 48.6 Å². The second kappa shape index (κ2) is 8.00. The summed E-state index contributed by atoms with van der Waals surface area (Å²) in [5, 5.41) is 16.7. The fourth-order valence-corrected chi connectivity index (χ4v) is 1.18. The molecule has 0 aliphatic carbocycles. The van der Waals surface area contributed by atoms with E-state index in [4.69, 9.17) is 19.7 Å². The summed E-state index contributed by atoms with van der Waals surface area (Å²) >= 11 is 0. The number of hydrogen-bond donors (Lipinski definition) is 2. The molecule has 0 heterocycles. The van der Waals surface area contributed by atoms with E-state index in [-0.39, 0.29) is 11.5 Å². The fourth-order valence-electron chi connectivity index (χ4n) is 1.18. The van der Waals surface area contributed by atoms with Crippen molar-refractivity contribution in [2.24, 2.45) is 0 Å². The van der Waals surface area contributed by atoms with Gasteiger partial charge in [0.2, 0.25) is 0 Å². The van der Waals surface area contributed by atoms with Gasteiger partial charge < -0.3 is 19.7 Å². The van der Waals surface area contributed by atoms with Crippen LogP contribution in [0.1, 0.15) is 0 Å². The van der Waals surface area contributed by atoms with Crippen LogP contribution in [-0.2, 0) is 19.2 Å². The highest BCUT2D eigenvalue weighted by Gasteiger charge is 2.06. The van der Waals surface area contributed by atoms with E-state index in [9.17, 15) is 19.2 Å². The predicted molar refractivity (Wildman–Crippen MR) is 71.3 cm³/mol. The third-order valence-electron chi connectivity index (χ3n) is 1.97. The molecule has 0 spiro atoms. The molecule has 0 fully saturated rings. The summed E-state index contributed by atoms with van der Waals surface area (Å²) in [5.74, 6) is -4.40. The highest BCUT2D eigenvalue weighted by atomic mass is 16.5. The fraction of sp³-hybridized carbons (Fsp3) is 0. The van der Waals surface area contributed by atoms with Crippen LogP contribution in [0.3, 0.4) is 0 Å². The van der Waals surface area contributed by atoms with E-state index in [2.05, 4.69) is 0 Å². The van der Waals surface area contributed by atoms with Gasteiger partial charge in [0.05, 0.1) is 0 Å². The standard InChI is InChI=1S/C14H10O8/c15-11(16)4-6-13(19)21-9-2-1-3-10(8-9)22-14(20)7-5-12(17)18/h1-8H,(H,15,16)(H,17,18)/b6-4-,7-5-. The first-order valence-electron chi connectivity index (χ1n) is 5.72. The van der Waals surface area contributed by atoms with Gasteiger partial charge in [0.1, 0.15) is 11.5 Å². The molecule has 114 valence electrons. The van der Waals surface area contributed by atoms with E-state index in [0.717, 1.165) is 12.2 Å². The SMILES string of the molecule is O=C(O)/C=C\C(=O)Oc1cccc(OC(=O)/C=C\C(=O)O)c1. The Bertz CT molecular complexity index is 603. The largest absolute Gasteiger partial charge is 0.478 e. The van der Waals surface area contributed by atoms with Gasteiger partial charge in [-0.25, -0.2) is 19.2 Å². The number of carboxylic acids is 2. The molecule has 0 saturated heterocycles. The molecule has 0 aliphatic heterocycles. The van der Waals surface area contributed by atoms with E-state index in [0.29, 0.717) is 12.2 Å². The highest BCUT2D eigenvalue weighted by Crippen LogP contribution is 2.19. The Balaban J connectivity index is 2.70. The zero-order valence-corrected chi connectivity index (χ0v) is 11.0. The van der Waals surface area contributed by atoms with Crippen LogP contribution in [0, 0.1) is 0 Å². The van der Waals surface area contributed by atoms with Gasteiger partial charge >= 0.3 is 23.9 Å². The second-order valence-electron chi connectivity index (χ2n) is 3.66. The van der Waals surface area contributed by atoms with Gasteiger partial charge in [-0.3, -0.25) is 0 Å². The van der Waals surface area contributed by atoms with Crippen molar-refractivity contribution >= 4 is 23.9 Å². The van der Waals surface area contributed by atoms with Crippen LogP contribution in [0.5, 0.6) is 11.5 Å². The Labute approximate surface area is 123 Å². The lowest BCUT2D eigenvalue weighted by atomic mass is 10.3. The minimum absolute atomic E-state index is 0.0209. The molecule has 1 aromatic carbocycles. The van der Waals surface area contributed by atoms with Crippen molar-refractivity contribution in [3.63, 3.8) is 0 Å². The van der Waals surface area contributed by atoms with Crippen LogP contribution in [0.15, 0.2) is 48.6 Å². The van der Waals surface area contributed by atoms with Crippen LogP contribution in [0.25, 0.3) is 0 Å². The monoisotopic (exact) mass is 306 g/mol. The Morgan fingerprint density at radius 2 is 1.18 bits per heavy atom. The van der Waals surface area contributed by atoms with Gasteiger partial charge in [-0.05, 0) is 12.1 Å². The van der Waals surface area contributed by atoms with Gasteiger partial charge in [0.25, 0.3) is 0 Å². The molecular formula is C14H10O8. The topological polar surface area (TPSA) is 127 Å². The first-order valence-corrected chi connectivity index (χ1v) is 5.72. The molecule has 2 N–H and O–H groups in total. The van der Waals surface area contributed by atoms with Crippen LogP contribution in [0.2, 0.25) is 0 Å². The van der Waals surface area contributed by atoms with Crippen molar-refractivity contribution in [2.45, 2.75) is 0 Å². The quantitative estimate of drug-likeness (QED) is 0.448. The number of carbonyl (C=O) groups is 4. The Morgan fingerprint density at radius 1 is 0.773 bits per heavy atom. The number of carboxylic acid groups (broad SMARTS) is 2. The molecule has 0 saturated carbocycles.